The van der Waals surface area contributed by atoms with Gasteiger partial charge in [0.05, 0.1) is 5.57 Å². The number of carbonyl (C=O) groups is 2. The maximum absolute atomic E-state index is 14.0. The Balaban J connectivity index is 1.57. The lowest BCUT2D eigenvalue weighted by atomic mass is 9.94. The number of nitrogens with zero attached hydrogens (tertiary/aromatic N) is 2. The smallest absolute Gasteiger partial charge is 0.278 e. The molecular weight excluding hydrogens is 408 g/mol. The molecule has 0 aromatic heterocycles. The number of benzene rings is 2. The minimum absolute atomic E-state index is 0.0145. The van der Waals surface area contributed by atoms with Crippen LogP contribution < -0.4 is 0 Å². The van der Waals surface area contributed by atoms with E-state index >= 15 is 0 Å². The van der Waals surface area contributed by atoms with Crippen LogP contribution in [0.5, 0.6) is 0 Å². The van der Waals surface area contributed by atoms with Crippen molar-refractivity contribution in [1.29, 1.82) is 0 Å². The molecule has 1 saturated carbocycles. The first-order valence-corrected chi connectivity index (χ1v) is 12.6. The van der Waals surface area contributed by atoms with Crippen molar-refractivity contribution in [2.75, 3.05) is 6.54 Å². The zero-order valence-corrected chi connectivity index (χ0v) is 19.9. The predicted molar refractivity (Wildman–Crippen MR) is 131 cm³/mol. The first-order chi connectivity index (χ1) is 16.0. The SMILES string of the molecule is Cc1ccc(C2=C(N3CCc4ccccc4C3)C(=O)N(C3CCCCCCC3)C2=O)c(C)c1. The molecule has 2 aromatic carbocycles. The fraction of sp³-hybridized carbons (Fsp3) is 0.448. The van der Waals surface area contributed by atoms with Gasteiger partial charge >= 0.3 is 0 Å². The summed E-state index contributed by atoms with van der Waals surface area (Å²) in [5.74, 6) is -0.175. The second kappa shape index (κ2) is 9.17. The monoisotopic (exact) mass is 442 g/mol. The molecule has 0 atom stereocenters. The molecular formula is C29H34N2O2. The quantitative estimate of drug-likeness (QED) is 0.585. The number of aryl methyl sites for hydroxylation is 2. The van der Waals surface area contributed by atoms with Gasteiger partial charge in [-0.3, -0.25) is 14.5 Å². The standard InChI is InChI=1S/C29H34N2O2/c1-20-14-15-25(21(2)18-20)26-27(30-17-16-22-10-8-9-11-23(22)19-30)29(33)31(28(26)32)24-12-6-4-3-5-7-13-24/h8-11,14-15,18,24H,3-7,12-13,16-17,19H2,1-2H3. The molecule has 0 unspecified atom stereocenters. The summed E-state index contributed by atoms with van der Waals surface area (Å²) in [6, 6.07) is 14.7. The average molecular weight is 443 g/mol. The van der Waals surface area contributed by atoms with Gasteiger partial charge in [-0.2, -0.15) is 0 Å². The van der Waals surface area contributed by atoms with Crippen LogP contribution in [0.2, 0.25) is 0 Å². The third-order valence-corrected chi connectivity index (χ3v) is 7.63. The summed E-state index contributed by atoms with van der Waals surface area (Å²) < 4.78 is 0. The summed E-state index contributed by atoms with van der Waals surface area (Å²) in [5, 5.41) is 0. The van der Waals surface area contributed by atoms with Crippen LogP contribution in [0.25, 0.3) is 5.57 Å². The van der Waals surface area contributed by atoms with E-state index in [4.69, 9.17) is 0 Å². The molecule has 0 radical (unpaired) electrons. The van der Waals surface area contributed by atoms with Crippen LogP contribution in [0.1, 0.15) is 72.8 Å². The van der Waals surface area contributed by atoms with Crippen LogP contribution in [0, 0.1) is 13.8 Å². The van der Waals surface area contributed by atoms with Crippen LogP contribution in [-0.2, 0) is 22.6 Å². The normalized spacial score (nSPS) is 20.2. The molecule has 4 heteroatoms. The number of rotatable bonds is 3. The molecule has 0 saturated heterocycles. The Morgan fingerprint density at radius 1 is 0.818 bits per heavy atom. The van der Waals surface area contributed by atoms with Crippen LogP contribution in [0.4, 0.5) is 0 Å². The van der Waals surface area contributed by atoms with Crippen LogP contribution in [0.3, 0.4) is 0 Å². The molecule has 0 bridgehead atoms. The van der Waals surface area contributed by atoms with E-state index in [2.05, 4.69) is 55.1 Å². The number of amides is 2. The molecule has 2 amide bonds. The maximum Gasteiger partial charge on any atom is 0.278 e. The summed E-state index contributed by atoms with van der Waals surface area (Å²) in [5.41, 5.74) is 6.94. The Morgan fingerprint density at radius 3 is 2.24 bits per heavy atom. The highest BCUT2D eigenvalue weighted by Gasteiger charge is 2.45. The lowest BCUT2D eigenvalue weighted by Gasteiger charge is -2.33. The number of carbonyl (C=O) groups excluding carboxylic acids is 2. The van der Waals surface area contributed by atoms with Crippen molar-refractivity contribution in [2.24, 2.45) is 0 Å². The molecule has 0 spiro atoms. The highest BCUT2D eigenvalue weighted by molar-refractivity contribution is 6.36. The molecule has 0 N–H and O–H groups in total. The van der Waals surface area contributed by atoms with Gasteiger partial charge in [0.2, 0.25) is 0 Å². The van der Waals surface area contributed by atoms with Crippen LogP contribution in [0.15, 0.2) is 48.2 Å². The number of imide groups is 1. The fourth-order valence-corrected chi connectivity index (χ4v) is 5.88. The van der Waals surface area contributed by atoms with Gasteiger partial charge in [-0.25, -0.2) is 0 Å². The molecule has 5 rings (SSSR count). The van der Waals surface area contributed by atoms with Crippen molar-refractivity contribution in [3.63, 3.8) is 0 Å². The first kappa shape index (κ1) is 21.9. The van der Waals surface area contributed by atoms with Gasteiger partial charge < -0.3 is 4.90 Å². The van der Waals surface area contributed by atoms with Crippen molar-refractivity contribution in [2.45, 2.75) is 77.8 Å². The number of hydrogen-bond acceptors (Lipinski definition) is 3. The van der Waals surface area contributed by atoms with Gasteiger partial charge in [-0.15, -0.1) is 0 Å². The summed E-state index contributed by atoms with van der Waals surface area (Å²) in [6.45, 7) is 5.56. The lowest BCUT2D eigenvalue weighted by molar-refractivity contribution is -0.140. The summed E-state index contributed by atoms with van der Waals surface area (Å²) in [6.07, 6.45) is 8.57. The zero-order valence-electron chi connectivity index (χ0n) is 19.9. The third kappa shape index (κ3) is 4.12. The maximum atomic E-state index is 14.0. The molecule has 1 fully saturated rings. The van der Waals surface area contributed by atoms with Crippen molar-refractivity contribution in [3.05, 3.63) is 76.0 Å². The van der Waals surface area contributed by atoms with Gasteiger partial charge in [-0.05, 0) is 55.4 Å². The van der Waals surface area contributed by atoms with E-state index in [1.807, 2.05) is 6.07 Å². The average Bonchev–Trinajstić information content (AvgIpc) is 3.03. The van der Waals surface area contributed by atoms with Gasteiger partial charge in [-0.1, -0.05) is 80.1 Å². The van der Waals surface area contributed by atoms with E-state index in [9.17, 15) is 9.59 Å². The van der Waals surface area contributed by atoms with E-state index in [0.29, 0.717) is 17.8 Å². The van der Waals surface area contributed by atoms with Gasteiger partial charge in [0.15, 0.2) is 0 Å². The lowest BCUT2D eigenvalue weighted by Crippen LogP contribution is -2.43. The van der Waals surface area contributed by atoms with Crippen molar-refractivity contribution in [3.8, 4) is 0 Å². The van der Waals surface area contributed by atoms with Crippen molar-refractivity contribution < 1.29 is 9.59 Å². The Kier molecular flexibility index (Phi) is 6.09. The van der Waals surface area contributed by atoms with E-state index in [0.717, 1.165) is 49.8 Å². The van der Waals surface area contributed by atoms with Gasteiger partial charge in [0, 0.05) is 19.1 Å². The second-order valence-corrected chi connectivity index (χ2v) is 9.96. The topological polar surface area (TPSA) is 40.6 Å². The Bertz CT molecular complexity index is 1110. The summed E-state index contributed by atoms with van der Waals surface area (Å²) in [4.78, 5) is 31.8. The van der Waals surface area contributed by atoms with Crippen LogP contribution in [-0.4, -0.2) is 34.2 Å². The molecule has 4 nitrogen and oxygen atoms in total. The van der Waals surface area contributed by atoms with E-state index < -0.39 is 0 Å². The highest BCUT2D eigenvalue weighted by Crippen LogP contribution is 2.38. The summed E-state index contributed by atoms with van der Waals surface area (Å²) in [7, 11) is 0. The Labute approximate surface area is 197 Å². The predicted octanol–water partition coefficient (Wildman–Crippen LogP) is 5.55. The third-order valence-electron chi connectivity index (χ3n) is 7.63. The van der Waals surface area contributed by atoms with Crippen molar-refractivity contribution >= 4 is 17.4 Å². The minimum atomic E-state index is -0.0913. The summed E-state index contributed by atoms with van der Waals surface area (Å²) >= 11 is 0. The first-order valence-electron chi connectivity index (χ1n) is 12.6. The molecule has 2 aliphatic heterocycles. The van der Waals surface area contributed by atoms with Gasteiger partial charge in [0.1, 0.15) is 5.70 Å². The molecule has 172 valence electrons. The van der Waals surface area contributed by atoms with E-state index in [1.165, 1.54) is 36.0 Å². The van der Waals surface area contributed by atoms with Crippen molar-refractivity contribution in [1.82, 2.24) is 9.80 Å². The molecule has 33 heavy (non-hydrogen) atoms. The second-order valence-electron chi connectivity index (χ2n) is 9.96. The Morgan fingerprint density at radius 2 is 1.52 bits per heavy atom. The minimum Gasteiger partial charge on any atom is -0.362 e. The fourth-order valence-electron chi connectivity index (χ4n) is 5.88. The number of fused-ring (bicyclic) bond motifs is 1. The highest BCUT2D eigenvalue weighted by atomic mass is 16.2. The molecule has 2 aromatic rings. The van der Waals surface area contributed by atoms with Crippen LogP contribution >= 0.6 is 0 Å². The van der Waals surface area contributed by atoms with E-state index in [1.54, 1.807) is 4.90 Å². The Hall–Kier alpha value is -2.88. The molecule has 1 aliphatic carbocycles. The largest absolute Gasteiger partial charge is 0.362 e. The number of hydrogen-bond donors (Lipinski definition) is 0. The molecule has 3 aliphatic rings. The zero-order chi connectivity index (χ0) is 22.9. The van der Waals surface area contributed by atoms with Gasteiger partial charge in [0.25, 0.3) is 11.8 Å². The van der Waals surface area contributed by atoms with E-state index in [-0.39, 0.29) is 17.9 Å². The molecule has 2 heterocycles.